The van der Waals surface area contributed by atoms with Crippen molar-refractivity contribution in [3.05, 3.63) is 71.8 Å². The second-order valence-electron chi connectivity index (χ2n) is 10.6. The molecule has 0 fully saturated rings. The summed E-state index contributed by atoms with van der Waals surface area (Å²) in [4.78, 5) is 51.2. The molecule has 3 amide bonds. The number of alkyl carbamates (subject to hydrolysis) is 1. The number of nitrogens with one attached hydrogen (secondary N) is 3. The molecule has 0 heterocycles. The van der Waals surface area contributed by atoms with E-state index in [1.807, 2.05) is 36.4 Å². The number of hydrogen-bond acceptors (Lipinski definition) is 5. The molecule has 0 aromatic heterocycles. The highest BCUT2D eigenvalue weighted by molar-refractivity contribution is 5.93. The maximum atomic E-state index is 13.5. The fourth-order valence-electron chi connectivity index (χ4n) is 3.99. The van der Waals surface area contributed by atoms with Gasteiger partial charge in [-0.3, -0.25) is 14.0 Å². The number of carbonyl (C=O) groups excluding carboxylic acids is 3. The first kappa shape index (κ1) is 32.3. The summed E-state index contributed by atoms with van der Waals surface area (Å²) in [7, 11) is 0. The molecule has 0 saturated carbocycles. The Morgan fingerprint density at radius 3 is 1.68 bits per heavy atom. The second kappa shape index (κ2) is 16.2. The van der Waals surface area contributed by atoms with Crippen LogP contribution in [0.3, 0.4) is 0 Å². The molecule has 3 atom stereocenters. The number of amides is 3. The summed E-state index contributed by atoms with van der Waals surface area (Å²) in [5, 5.41) is 17.5. The summed E-state index contributed by atoms with van der Waals surface area (Å²) in [6, 6.07) is 14.7. The summed E-state index contributed by atoms with van der Waals surface area (Å²) >= 11 is 0. The lowest BCUT2D eigenvalue weighted by atomic mass is 10.0. The maximum Gasteiger partial charge on any atom is 0.408 e. The minimum atomic E-state index is -1.22. The molecule has 0 aliphatic carbocycles. The smallest absolute Gasteiger partial charge is 0.408 e. The van der Waals surface area contributed by atoms with E-state index in [4.69, 9.17) is 4.74 Å². The molecule has 4 N–H and O–H groups in total. The van der Waals surface area contributed by atoms with Gasteiger partial charge in [-0.05, 0) is 44.7 Å². The van der Waals surface area contributed by atoms with Crippen LogP contribution in [0.25, 0.3) is 0 Å². The summed E-state index contributed by atoms with van der Waals surface area (Å²) in [6.07, 6.45) is 0.819. The minimum Gasteiger partial charge on any atom is -0.480 e. The Hall–Kier alpha value is -3.95. The molecule has 0 aliphatic heterocycles. The Labute approximate surface area is 234 Å². The van der Waals surface area contributed by atoms with Crippen LogP contribution >= 0.6 is 0 Å². The van der Waals surface area contributed by atoms with Crippen LogP contribution in [0.15, 0.2) is 60.7 Å². The standard InChI is InChI=1S/C30H40FN3O6/c1-30(2,3)40-29(39)34-25(20-22-15-9-5-10-16-22)27(36)33-24(19-21-13-7-4-8-14-21)26(35)32-23(28(37)38)17-11-6-12-18-31/h4-5,7-10,13-16,23-25H,6,11-12,17-20H2,1-3H3,(H,32,35)(H,33,36)(H,34,39)(H,37,38). The topological polar surface area (TPSA) is 134 Å². The van der Waals surface area contributed by atoms with E-state index in [1.54, 1.807) is 45.0 Å². The van der Waals surface area contributed by atoms with Crippen molar-refractivity contribution >= 4 is 23.9 Å². The van der Waals surface area contributed by atoms with Gasteiger partial charge >= 0.3 is 12.1 Å². The van der Waals surface area contributed by atoms with Gasteiger partial charge in [0.05, 0.1) is 6.67 Å². The Morgan fingerprint density at radius 1 is 0.750 bits per heavy atom. The number of carbonyl (C=O) groups is 4. The highest BCUT2D eigenvalue weighted by atomic mass is 19.1. The highest BCUT2D eigenvalue weighted by Crippen LogP contribution is 2.11. The van der Waals surface area contributed by atoms with Crippen molar-refractivity contribution < 1.29 is 33.4 Å². The number of halogens is 1. The summed E-state index contributed by atoms with van der Waals surface area (Å²) in [5.41, 5.74) is 0.739. The zero-order valence-electron chi connectivity index (χ0n) is 23.3. The van der Waals surface area contributed by atoms with Crippen molar-refractivity contribution in [2.45, 2.75) is 83.0 Å². The lowest BCUT2D eigenvalue weighted by Gasteiger charge is -2.26. The Bertz CT molecular complexity index is 1090. The van der Waals surface area contributed by atoms with Gasteiger partial charge in [0.2, 0.25) is 11.8 Å². The van der Waals surface area contributed by atoms with Crippen molar-refractivity contribution in [3.63, 3.8) is 0 Å². The number of unbranched alkanes of at least 4 members (excludes halogenated alkanes) is 2. The zero-order valence-corrected chi connectivity index (χ0v) is 23.3. The molecule has 0 radical (unpaired) electrons. The number of rotatable bonds is 15. The van der Waals surface area contributed by atoms with Gasteiger partial charge in [0.1, 0.15) is 23.7 Å². The maximum absolute atomic E-state index is 13.5. The Morgan fingerprint density at radius 2 is 1.23 bits per heavy atom. The van der Waals surface area contributed by atoms with Crippen LogP contribution in [0.5, 0.6) is 0 Å². The predicted octanol–water partition coefficient (Wildman–Crippen LogP) is 3.95. The highest BCUT2D eigenvalue weighted by Gasteiger charge is 2.30. The molecule has 0 spiro atoms. The number of aliphatic carboxylic acids is 1. The molecule has 10 heteroatoms. The van der Waals surface area contributed by atoms with Crippen LogP contribution in [-0.4, -0.2) is 59.4 Å². The number of hydrogen-bond donors (Lipinski definition) is 4. The first-order chi connectivity index (χ1) is 19.0. The molecule has 218 valence electrons. The first-order valence-electron chi connectivity index (χ1n) is 13.5. The third-order valence-electron chi connectivity index (χ3n) is 5.95. The van der Waals surface area contributed by atoms with E-state index in [0.717, 1.165) is 11.1 Å². The van der Waals surface area contributed by atoms with E-state index in [-0.39, 0.29) is 19.3 Å². The fraction of sp³-hybridized carbons (Fsp3) is 0.467. The molecule has 2 aromatic carbocycles. The second-order valence-corrected chi connectivity index (χ2v) is 10.6. The monoisotopic (exact) mass is 557 g/mol. The van der Waals surface area contributed by atoms with E-state index in [9.17, 15) is 28.7 Å². The van der Waals surface area contributed by atoms with Gasteiger partial charge in [-0.15, -0.1) is 0 Å². The lowest BCUT2D eigenvalue weighted by molar-refractivity contribution is -0.142. The van der Waals surface area contributed by atoms with Crippen LogP contribution in [0, 0.1) is 0 Å². The Balaban J connectivity index is 2.25. The van der Waals surface area contributed by atoms with E-state index < -0.39 is 54.3 Å². The normalized spacial score (nSPS) is 13.4. The Kier molecular flexibility index (Phi) is 13.1. The summed E-state index contributed by atoms with van der Waals surface area (Å²) in [5.74, 6) is -2.52. The average Bonchev–Trinajstić information content (AvgIpc) is 2.89. The number of carboxylic acids is 1. The van der Waals surface area contributed by atoms with E-state index >= 15 is 0 Å². The van der Waals surface area contributed by atoms with Gasteiger partial charge in [-0.25, -0.2) is 9.59 Å². The van der Waals surface area contributed by atoms with Crippen molar-refractivity contribution in [2.24, 2.45) is 0 Å². The van der Waals surface area contributed by atoms with Crippen molar-refractivity contribution in [1.29, 1.82) is 0 Å². The van der Waals surface area contributed by atoms with Crippen LogP contribution in [0.2, 0.25) is 0 Å². The molecule has 0 saturated heterocycles. The first-order valence-corrected chi connectivity index (χ1v) is 13.5. The molecule has 2 rings (SSSR count). The average molecular weight is 558 g/mol. The molecular formula is C30H40FN3O6. The molecule has 0 bridgehead atoms. The molecule has 3 unspecified atom stereocenters. The van der Waals surface area contributed by atoms with Gasteiger partial charge in [-0.1, -0.05) is 73.5 Å². The SMILES string of the molecule is CC(C)(C)OC(=O)NC(Cc1ccccc1)C(=O)NC(Cc1ccccc1)C(=O)NC(CCCCCF)C(=O)O. The van der Waals surface area contributed by atoms with Crippen LogP contribution < -0.4 is 16.0 Å². The van der Waals surface area contributed by atoms with E-state index in [0.29, 0.717) is 19.3 Å². The summed E-state index contributed by atoms with van der Waals surface area (Å²) in [6.45, 7) is 4.62. The van der Waals surface area contributed by atoms with Gasteiger partial charge in [0.25, 0.3) is 0 Å². The fourth-order valence-corrected chi connectivity index (χ4v) is 3.99. The van der Waals surface area contributed by atoms with Crippen LogP contribution in [0.1, 0.15) is 57.6 Å². The van der Waals surface area contributed by atoms with Gasteiger partial charge in [-0.2, -0.15) is 0 Å². The van der Waals surface area contributed by atoms with E-state index in [1.165, 1.54) is 0 Å². The molecule has 2 aromatic rings. The largest absolute Gasteiger partial charge is 0.480 e. The van der Waals surface area contributed by atoms with Crippen molar-refractivity contribution in [3.8, 4) is 0 Å². The van der Waals surface area contributed by atoms with Crippen molar-refractivity contribution in [2.75, 3.05) is 6.67 Å². The van der Waals surface area contributed by atoms with E-state index in [2.05, 4.69) is 16.0 Å². The number of ether oxygens (including phenoxy) is 1. The van der Waals surface area contributed by atoms with Gasteiger partial charge in [0.15, 0.2) is 0 Å². The third-order valence-corrected chi connectivity index (χ3v) is 5.95. The zero-order chi connectivity index (χ0) is 29.5. The predicted molar refractivity (Wildman–Crippen MR) is 149 cm³/mol. The van der Waals surface area contributed by atoms with Gasteiger partial charge in [0, 0.05) is 12.8 Å². The quantitative estimate of drug-likeness (QED) is 0.245. The molecule has 40 heavy (non-hydrogen) atoms. The van der Waals surface area contributed by atoms with Crippen molar-refractivity contribution in [1.82, 2.24) is 16.0 Å². The third kappa shape index (κ3) is 12.3. The van der Waals surface area contributed by atoms with Crippen LogP contribution in [0.4, 0.5) is 9.18 Å². The number of alkyl halides is 1. The van der Waals surface area contributed by atoms with Gasteiger partial charge < -0.3 is 25.8 Å². The minimum absolute atomic E-state index is 0.0943. The summed E-state index contributed by atoms with van der Waals surface area (Å²) < 4.78 is 17.8. The number of carboxylic acid groups (broad SMARTS) is 1. The number of benzene rings is 2. The molecule has 0 aliphatic rings. The lowest BCUT2D eigenvalue weighted by Crippen LogP contribution is -2.57. The molecule has 9 nitrogen and oxygen atoms in total. The molecular weight excluding hydrogens is 517 g/mol. The van der Waals surface area contributed by atoms with Crippen LogP contribution in [-0.2, 0) is 32.0 Å².